The van der Waals surface area contributed by atoms with Gasteiger partial charge in [0.15, 0.2) is 0 Å². The van der Waals surface area contributed by atoms with E-state index in [-0.39, 0.29) is 6.04 Å². The van der Waals surface area contributed by atoms with Crippen LogP contribution in [0.1, 0.15) is 31.4 Å². The van der Waals surface area contributed by atoms with Crippen LogP contribution in [0.25, 0.3) is 0 Å². The molecular weight excluding hydrogens is 196 g/mol. The van der Waals surface area contributed by atoms with Crippen molar-refractivity contribution in [2.75, 3.05) is 0 Å². The van der Waals surface area contributed by atoms with Crippen molar-refractivity contribution in [3.8, 4) is 0 Å². The van der Waals surface area contributed by atoms with Crippen LogP contribution < -0.4 is 5.73 Å². The molecule has 0 amide bonds. The van der Waals surface area contributed by atoms with Crippen molar-refractivity contribution in [1.29, 1.82) is 0 Å². The van der Waals surface area contributed by atoms with Crippen molar-refractivity contribution in [3.63, 3.8) is 0 Å². The summed E-state index contributed by atoms with van der Waals surface area (Å²) >= 11 is 0. The molecule has 1 aliphatic rings. The van der Waals surface area contributed by atoms with Crippen LogP contribution in [-0.4, -0.2) is 22.3 Å². The van der Waals surface area contributed by atoms with Gasteiger partial charge in [-0.2, -0.15) is 0 Å². The highest BCUT2D eigenvalue weighted by Gasteiger charge is 2.44. The molecular formula is C10H14N2O3. The summed E-state index contributed by atoms with van der Waals surface area (Å²) in [4.78, 5) is 11.4. The molecule has 5 heteroatoms. The largest absolute Gasteiger partial charge is 0.481 e. The van der Waals surface area contributed by atoms with Crippen molar-refractivity contribution in [3.05, 3.63) is 18.0 Å². The zero-order chi connectivity index (χ0) is 10.9. The van der Waals surface area contributed by atoms with Gasteiger partial charge in [0.1, 0.15) is 17.4 Å². The van der Waals surface area contributed by atoms with Gasteiger partial charge in [-0.25, -0.2) is 0 Å². The molecule has 5 nitrogen and oxygen atoms in total. The zero-order valence-electron chi connectivity index (χ0n) is 8.35. The molecule has 3 N–H and O–H groups in total. The summed E-state index contributed by atoms with van der Waals surface area (Å²) in [6, 6.07) is 1.75. The fourth-order valence-electron chi connectivity index (χ4n) is 2.17. The van der Waals surface area contributed by atoms with Gasteiger partial charge in [-0.1, -0.05) is 5.16 Å². The van der Waals surface area contributed by atoms with E-state index in [9.17, 15) is 9.90 Å². The highest BCUT2D eigenvalue weighted by atomic mass is 16.5. The molecule has 1 heterocycles. The molecule has 1 saturated carbocycles. The van der Waals surface area contributed by atoms with Gasteiger partial charge in [-0.15, -0.1) is 0 Å². The number of aromatic nitrogens is 1. The number of carbonyl (C=O) groups is 1. The maximum Gasteiger partial charge on any atom is 0.315 e. The molecule has 0 saturated heterocycles. The first-order chi connectivity index (χ1) is 7.15. The lowest BCUT2D eigenvalue weighted by molar-refractivity contribution is -0.145. The second kappa shape index (κ2) is 3.66. The Morgan fingerprint density at radius 2 is 2.27 bits per heavy atom. The summed E-state index contributed by atoms with van der Waals surface area (Å²) < 4.78 is 4.73. The Bertz CT molecular complexity index is 340. The van der Waals surface area contributed by atoms with Crippen LogP contribution >= 0.6 is 0 Å². The first kappa shape index (κ1) is 10.2. The van der Waals surface area contributed by atoms with E-state index in [0.29, 0.717) is 18.5 Å². The Kier molecular flexibility index (Phi) is 2.48. The van der Waals surface area contributed by atoms with Gasteiger partial charge in [0.05, 0.1) is 0 Å². The second-order valence-corrected chi connectivity index (χ2v) is 4.11. The third-order valence-electron chi connectivity index (χ3n) is 3.22. The van der Waals surface area contributed by atoms with E-state index >= 15 is 0 Å². The molecule has 0 aliphatic heterocycles. The van der Waals surface area contributed by atoms with Crippen LogP contribution in [0.15, 0.2) is 16.9 Å². The van der Waals surface area contributed by atoms with Gasteiger partial charge in [-0.3, -0.25) is 4.79 Å². The summed E-state index contributed by atoms with van der Waals surface area (Å²) in [6.07, 6.45) is 3.93. The predicted octanol–water partition coefficient (Wildman–Crippen LogP) is 0.898. The van der Waals surface area contributed by atoms with Gasteiger partial charge in [0, 0.05) is 12.1 Å². The number of nitrogens with zero attached hydrogens (tertiary/aromatic N) is 1. The van der Waals surface area contributed by atoms with Crippen molar-refractivity contribution >= 4 is 5.97 Å². The van der Waals surface area contributed by atoms with Crippen LogP contribution in [0.3, 0.4) is 0 Å². The van der Waals surface area contributed by atoms with E-state index in [1.165, 1.54) is 6.26 Å². The summed E-state index contributed by atoms with van der Waals surface area (Å²) in [6.45, 7) is 0. The Labute approximate surface area is 87.2 Å². The van der Waals surface area contributed by atoms with Crippen LogP contribution in [0.5, 0.6) is 0 Å². The SMILES string of the molecule is NC1CCC(C(=O)O)(c2ccon2)CC1. The molecule has 0 aromatic carbocycles. The molecule has 1 aromatic heterocycles. The molecule has 0 bridgehead atoms. The van der Waals surface area contributed by atoms with Crippen molar-refractivity contribution < 1.29 is 14.4 Å². The molecule has 0 unspecified atom stereocenters. The molecule has 1 aliphatic carbocycles. The number of rotatable bonds is 2. The van der Waals surface area contributed by atoms with Crippen molar-refractivity contribution in [2.24, 2.45) is 5.73 Å². The average Bonchev–Trinajstić information content (AvgIpc) is 2.72. The molecule has 0 spiro atoms. The average molecular weight is 210 g/mol. The maximum absolute atomic E-state index is 11.4. The number of hydrogen-bond donors (Lipinski definition) is 2. The predicted molar refractivity (Wildman–Crippen MR) is 52.3 cm³/mol. The summed E-state index contributed by atoms with van der Waals surface area (Å²) in [7, 11) is 0. The molecule has 15 heavy (non-hydrogen) atoms. The second-order valence-electron chi connectivity index (χ2n) is 4.11. The van der Waals surface area contributed by atoms with Gasteiger partial charge in [-0.05, 0) is 25.7 Å². The maximum atomic E-state index is 11.4. The summed E-state index contributed by atoms with van der Waals surface area (Å²) in [5.74, 6) is -0.830. The topological polar surface area (TPSA) is 89.4 Å². The van der Waals surface area contributed by atoms with E-state index in [1.807, 2.05) is 0 Å². The Balaban J connectivity index is 2.30. The Hall–Kier alpha value is -1.36. The number of carboxylic acids is 1. The number of hydrogen-bond acceptors (Lipinski definition) is 4. The van der Waals surface area contributed by atoms with E-state index in [2.05, 4.69) is 5.16 Å². The summed E-state index contributed by atoms with van der Waals surface area (Å²) in [5.41, 5.74) is 5.40. The Morgan fingerprint density at radius 1 is 1.60 bits per heavy atom. The van der Waals surface area contributed by atoms with Crippen molar-refractivity contribution in [1.82, 2.24) is 5.16 Å². The van der Waals surface area contributed by atoms with E-state index in [4.69, 9.17) is 10.3 Å². The van der Waals surface area contributed by atoms with Crippen molar-refractivity contribution in [2.45, 2.75) is 37.1 Å². The lowest BCUT2D eigenvalue weighted by Gasteiger charge is -2.33. The van der Waals surface area contributed by atoms with Gasteiger partial charge in [0.25, 0.3) is 0 Å². The monoisotopic (exact) mass is 210 g/mol. The minimum absolute atomic E-state index is 0.115. The molecule has 82 valence electrons. The van der Waals surface area contributed by atoms with E-state index in [1.54, 1.807) is 6.07 Å². The molecule has 1 fully saturated rings. The fraction of sp³-hybridized carbons (Fsp3) is 0.600. The number of carboxylic acid groups (broad SMARTS) is 1. The highest BCUT2D eigenvalue weighted by molar-refractivity contribution is 5.80. The van der Waals surface area contributed by atoms with Crippen LogP contribution in [0.4, 0.5) is 0 Å². The standard InChI is InChI=1S/C10H14N2O3/c11-7-1-4-10(5-2-7,9(13)14)8-3-6-15-12-8/h3,6-7H,1-2,4-5,11H2,(H,13,14). The van der Waals surface area contributed by atoms with E-state index in [0.717, 1.165) is 12.8 Å². The third-order valence-corrected chi connectivity index (χ3v) is 3.22. The highest BCUT2D eigenvalue weighted by Crippen LogP contribution is 2.38. The van der Waals surface area contributed by atoms with Crippen LogP contribution in [0.2, 0.25) is 0 Å². The summed E-state index contributed by atoms with van der Waals surface area (Å²) in [5, 5.41) is 13.1. The van der Waals surface area contributed by atoms with Gasteiger partial charge >= 0.3 is 5.97 Å². The lowest BCUT2D eigenvalue weighted by atomic mass is 9.70. The minimum atomic E-state index is -0.886. The third kappa shape index (κ3) is 1.63. The molecule has 0 radical (unpaired) electrons. The lowest BCUT2D eigenvalue weighted by Crippen LogP contribution is -2.43. The quantitative estimate of drug-likeness (QED) is 0.756. The van der Waals surface area contributed by atoms with Crippen LogP contribution in [0, 0.1) is 0 Å². The minimum Gasteiger partial charge on any atom is -0.481 e. The molecule has 1 aromatic rings. The van der Waals surface area contributed by atoms with Gasteiger partial charge in [0.2, 0.25) is 0 Å². The first-order valence-electron chi connectivity index (χ1n) is 5.05. The molecule has 0 atom stereocenters. The Morgan fingerprint density at radius 3 is 2.73 bits per heavy atom. The number of aliphatic carboxylic acids is 1. The smallest absolute Gasteiger partial charge is 0.315 e. The zero-order valence-corrected chi connectivity index (χ0v) is 8.35. The van der Waals surface area contributed by atoms with Gasteiger partial charge < -0.3 is 15.4 Å². The molecule has 2 rings (SSSR count). The first-order valence-corrected chi connectivity index (χ1v) is 5.05. The van der Waals surface area contributed by atoms with E-state index < -0.39 is 11.4 Å². The number of nitrogens with two attached hydrogens (primary N) is 1. The fourth-order valence-corrected chi connectivity index (χ4v) is 2.17. The normalized spacial score (nSPS) is 31.4. The van der Waals surface area contributed by atoms with Crippen LogP contribution in [-0.2, 0) is 10.2 Å².